The Morgan fingerprint density at radius 3 is 2.48 bits per heavy atom. The molecule has 2 aromatic rings. The Morgan fingerprint density at radius 2 is 1.90 bits per heavy atom. The first kappa shape index (κ1) is 22.7. The minimum absolute atomic E-state index is 0.135. The number of benzene rings is 1. The zero-order valence-corrected chi connectivity index (χ0v) is 17.2. The van der Waals surface area contributed by atoms with Crippen molar-refractivity contribution in [3.63, 3.8) is 0 Å². The molecule has 0 radical (unpaired) electrons. The van der Waals surface area contributed by atoms with Gasteiger partial charge in [-0.2, -0.15) is 28.4 Å². The molecule has 31 heavy (non-hydrogen) atoms. The van der Waals surface area contributed by atoms with Gasteiger partial charge in [-0.25, -0.2) is 12.8 Å². The fourth-order valence-corrected chi connectivity index (χ4v) is 3.85. The van der Waals surface area contributed by atoms with E-state index < -0.39 is 45.0 Å². The minimum atomic E-state index is -4.72. The van der Waals surface area contributed by atoms with Crippen molar-refractivity contribution in [3.05, 3.63) is 41.2 Å². The van der Waals surface area contributed by atoms with Crippen molar-refractivity contribution < 1.29 is 30.7 Å². The van der Waals surface area contributed by atoms with Crippen LogP contribution in [0, 0.1) is 17.1 Å². The Labute approximate surface area is 176 Å². The Morgan fingerprint density at radius 1 is 1.23 bits per heavy atom. The number of nitrogens with zero attached hydrogens (tertiary/aromatic N) is 4. The van der Waals surface area contributed by atoms with Crippen LogP contribution in [0.15, 0.2) is 29.4 Å². The molecule has 12 heteroatoms. The Balaban J connectivity index is 2.14. The number of nitriles is 1. The van der Waals surface area contributed by atoms with Crippen molar-refractivity contribution in [2.75, 3.05) is 24.3 Å². The largest absolute Gasteiger partial charge is 0.467 e. The second-order valence-electron chi connectivity index (χ2n) is 7.05. The number of hydrogen-bond donors (Lipinski definition) is 0. The molecule has 1 aliphatic heterocycles. The van der Waals surface area contributed by atoms with E-state index in [4.69, 9.17) is 0 Å². The van der Waals surface area contributed by atoms with Gasteiger partial charge in [-0.3, -0.25) is 0 Å². The number of piperidine rings is 1. The Hall–Kier alpha value is -2.94. The molecule has 1 fully saturated rings. The van der Waals surface area contributed by atoms with Crippen LogP contribution in [0.2, 0.25) is 0 Å². The van der Waals surface area contributed by atoms with Crippen LogP contribution in [-0.2, 0) is 9.84 Å². The molecule has 1 saturated heterocycles. The maximum absolute atomic E-state index is 13.4. The molecule has 1 aromatic heterocycles. The van der Waals surface area contributed by atoms with Gasteiger partial charge in [0, 0.05) is 12.8 Å². The summed E-state index contributed by atoms with van der Waals surface area (Å²) >= 11 is 0. The van der Waals surface area contributed by atoms with Crippen molar-refractivity contribution in [1.82, 2.24) is 9.97 Å². The first-order chi connectivity index (χ1) is 14.5. The molecule has 1 unspecified atom stereocenters. The lowest BCUT2D eigenvalue weighted by atomic mass is 9.95. The quantitative estimate of drug-likeness (QED) is 0.499. The summed E-state index contributed by atoms with van der Waals surface area (Å²) < 4.78 is 80.2. The van der Waals surface area contributed by atoms with Gasteiger partial charge in [-0.05, 0) is 37.0 Å². The van der Waals surface area contributed by atoms with Gasteiger partial charge < -0.3 is 9.64 Å². The van der Waals surface area contributed by atoms with Gasteiger partial charge in [-0.15, -0.1) is 0 Å². The summed E-state index contributed by atoms with van der Waals surface area (Å²) in [4.78, 5) is 9.20. The lowest BCUT2D eigenvalue weighted by molar-refractivity contribution is -0.154. The Kier molecular flexibility index (Phi) is 6.35. The number of rotatable bonds is 5. The third-order valence-corrected chi connectivity index (χ3v) is 5.53. The summed E-state index contributed by atoms with van der Waals surface area (Å²) in [5.41, 5.74) is 0.299. The number of aromatic nitrogens is 2. The molecule has 7 nitrogen and oxygen atoms in total. The maximum Gasteiger partial charge on any atom is 0.422 e. The normalized spacial score (nSPS) is 17.3. The topological polar surface area (TPSA) is 96.2 Å². The van der Waals surface area contributed by atoms with Crippen molar-refractivity contribution >= 4 is 15.7 Å². The molecule has 0 bridgehead atoms. The van der Waals surface area contributed by atoms with Crippen LogP contribution < -0.4 is 9.64 Å². The fraction of sp³-hybridized carbons (Fsp3) is 0.421. The fourth-order valence-electron chi connectivity index (χ4n) is 3.35. The van der Waals surface area contributed by atoms with E-state index >= 15 is 0 Å². The SMILES string of the molecule is CS(=O)(=O)c1nc(OCC(F)(F)F)c(C#N)c(N2CCCCC2c2ccc(F)cc2)n1. The smallest absolute Gasteiger partial charge is 0.422 e. The number of sulfone groups is 1. The average molecular weight is 458 g/mol. The second kappa shape index (κ2) is 8.66. The molecule has 166 valence electrons. The van der Waals surface area contributed by atoms with E-state index in [1.54, 1.807) is 23.1 Å². The molecule has 0 amide bonds. The third kappa shape index (κ3) is 5.41. The van der Waals surface area contributed by atoms with Crippen molar-refractivity contribution in [1.29, 1.82) is 5.26 Å². The second-order valence-corrected chi connectivity index (χ2v) is 8.96. The first-order valence-electron chi connectivity index (χ1n) is 9.23. The van der Waals surface area contributed by atoms with E-state index in [1.165, 1.54) is 12.1 Å². The van der Waals surface area contributed by atoms with Gasteiger partial charge >= 0.3 is 6.18 Å². The van der Waals surface area contributed by atoms with E-state index in [9.17, 15) is 31.2 Å². The monoisotopic (exact) mass is 458 g/mol. The number of alkyl halides is 3. The van der Waals surface area contributed by atoms with Crippen LogP contribution in [0.5, 0.6) is 5.88 Å². The summed E-state index contributed by atoms with van der Waals surface area (Å²) in [5, 5.41) is 8.88. The van der Waals surface area contributed by atoms with Gasteiger partial charge in [0.15, 0.2) is 18.0 Å². The van der Waals surface area contributed by atoms with Crippen molar-refractivity contribution in [2.45, 2.75) is 36.6 Å². The van der Waals surface area contributed by atoms with Gasteiger partial charge in [0.2, 0.25) is 15.7 Å². The van der Waals surface area contributed by atoms with Gasteiger partial charge in [0.1, 0.15) is 11.9 Å². The summed E-state index contributed by atoms with van der Waals surface area (Å²) in [6, 6.07) is 7.02. The summed E-state index contributed by atoms with van der Waals surface area (Å²) in [6.07, 6.45) is -1.83. The summed E-state index contributed by atoms with van der Waals surface area (Å²) in [5.74, 6) is -1.33. The molecule has 0 saturated carbocycles. The standard InChI is InChI=1S/C19H18F4N4O3S/c1-31(28,29)18-25-16(14(10-24)17(26-18)30-11-19(21,22)23)27-9-3-2-4-15(27)12-5-7-13(20)8-6-12/h5-8,15H,2-4,9,11H2,1H3. The van der Waals surface area contributed by atoms with Crippen LogP contribution in [0.4, 0.5) is 23.4 Å². The van der Waals surface area contributed by atoms with E-state index in [0.717, 1.165) is 12.7 Å². The molecule has 2 heterocycles. The zero-order chi connectivity index (χ0) is 22.8. The minimum Gasteiger partial charge on any atom is -0.467 e. The molecule has 0 aliphatic carbocycles. The molecule has 1 aliphatic rings. The Bertz CT molecular complexity index is 1100. The number of halogens is 4. The van der Waals surface area contributed by atoms with E-state index in [-0.39, 0.29) is 11.9 Å². The highest BCUT2D eigenvalue weighted by molar-refractivity contribution is 7.90. The van der Waals surface area contributed by atoms with Crippen LogP contribution in [-0.4, -0.2) is 44.0 Å². The number of hydrogen-bond acceptors (Lipinski definition) is 7. The molecular weight excluding hydrogens is 440 g/mol. The van der Waals surface area contributed by atoms with Crippen LogP contribution >= 0.6 is 0 Å². The molecule has 1 aromatic carbocycles. The van der Waals surface area contributed by atoms with Gasteiger partial charge in [0.25, 0.3) is 5.16 Å². The number of ether oxygens (including phenoxy) is 1. The third-order valence-electron chi connectivity index (χ3n) is 4.68. The van der Waals surface area contributed by atoms with E-state index in [1.807, 2.05) is 0 Å². The van der Waals surface area contributed by atoms with E-state index in [2.05, 4.69) is 14.7 Å². The lowest BCUT2D eigenvalue weighted by Gasteiger charge is -2.37. The zero-order valence-electron chi connectivity index (χ0n) is 16.4. The van der Waals surface area contributed by atoms with Crippen LogP contribution in [0.1, 0.15) is 36.4 Å². The average Bonchev–Trinajstić information content (AvgIpc) is 2.71. The van der Waals surface area contributed by atoms with E-state index in [0.29, 0.717) is 24.9 Å². The molecule has 3 rings (SSSR count). The molecule has 0 N–H and O–H groups in total. The first-order valence-corrected chi connectivity index (χ1v) is 11.1. The highest BCUT2D eigenvalue weighted by atomic mass is 32.2. The van der Waals surface area contributed by atoms with Gasteiger partial charge in [-0.1, -0.05) is 12.1 Å². The van der Waals surface area contributed by atoms with Crippen molar-refractivity contribution in [3.8, 4) is 11.9 Å². The molecular formula is C19H18F4N4O3S. The highest BCUT2D eigenvalue weighted by Gasteiger charge is 2.33. The number of anilines is 1. The molecule has 1 atom stereocenters. The van der Waals surface area contributed by atoms with Crippen LogP contribution in [0.3, 0.4) is 0 Å². The predicted molar refractivity (Wildman–Crippen MR) is 102 cm³/mol. The maximum atomic E-state index is 13.4. The van der Waals surface area contributed by atoms with Crippen molar-refractivity contribution in [2.24, 2.45) is 0 Å². The van der Waals surface area contributed by atoms with Gasteiger partial charge in [0.05, 0.1) is 6.04 Å². The predicted octanol–water partition coefficient (Wildman–Crippen LogP) is 3.56. The highest BCUT2D eigenvalue weighted by Crippen LogP contribution is 2.38. The summed E-state index contributed by atoms with van der Waals surface area (Å²) in [6.45, 7) is -1.39. The lowest BCUT2D eigenvalue weighted by Crippen LogP contribution is -2.35. The van der Waals surface area contributed by atoms with Crippen LogP contribution in [0.25, 0.3) is 0 Å². The molecule has 0 spiro atoms. The summed E-state index contributed by atoms with van der Waals surface area (Å²) in [7, 11) is -4.02.